The molecule has 0 aromatic carbocycles. The predicted molar refractivity (Wildman–Crippen MR) is 107 cm³/mol. The van der Waals surface area contributed by atoms with Gasteiger partial charge in [-0.2, -0.15) is 4.98 Å². The van der Waals surface area contributed by atoms with Crippen LogP contribution in [-0.4, -0.2) is 55.4 Å². The Labute approximate surface area is 171 Å². The molecule has 0 unspecified atom stereocenters. The molecule has 156 valence electrons. The summed E-state index contributed by atoms with van der Waals surface area (Å²) in [6.07, 6.45) is 7.37. The molecule has 2 fully saturated rings. The Balaban J connectivity index is 1.42. The summed E-state index contributed by atoms with van der Waals surface area (Å²) in [5.74, 6) is 1.91. The number of nitrogens with zero attached hydrogens (tertiary/aromatic N) is 6. The van der Waals surface area contributed by atoms with Crippen molar-refractivity contribution in [2.75, 3.05) is 19.6 Å². The van der Waals surface area contributed by atoms with Crippen molar-refractivity contribution < 1.29 is 9.32 Å². The van der Waals surface area contributed by atoms with Crippen LogP contribution in [0.3, 0.4) is 0 Å². The number of hydrogen-bond donors (Lipinski definition) is 0. The minimum absolute atomic E-state index is 0.134. The van der Waals surface area contributed by atoms with Crippen molar-refractivity contribution in [1.82, 2.24) is 29.9 Å². The molecule has 0 bridgehead atoms. The van der Waals surface area contributed by atoms with E-state index in [2.05, 4.69) is 38.9 Å². The Hall–Kier alpha value is -2.35. The van der Waals surface area contributed by atoms with Crippen molar-refractivity contribution in [2.24, 2.45) is 5.41 Å². The molecule has 1 amide bonds. The minimum Gasteiger partial charge on any atom is -0.339 e. The van der Waals surface area contributed by atoms with Crippen molar-refractivity contribution >= 4 is 5.91 Å². The first-order chi connectivity index (χ1) is 13.9. The lowest BCUT2D eigenvalue weighted by Crippen LogP contribution is -2.53. The maximum Gasteiger partial charge on any atom is 0.229 e. The molecule has 2 aromatic heterocycles. The molecular formula is C21H30N6O2. The van der Waals surface area contributed by atoms with Crippen LogP contribution in [0.5, 0.6) is 0 Å². The number of rotatable bonds is 5. The van der Waals surface area contributed by atoms with Crippen molar-refractivity contribution in [1.29, 1.82) is 0 Å². The van der Waals surface area contributed by atoms with E-state index in [1.165, 1.54) is 0 Å². The van der Waals surface area contributed by atoms with Gasteiger partial charge < -0.3 is 9.42 Å². The fraction of sp³-hybridized carbons (Fsp3) is 0.667. The van der Waals surface area contributed by atoms with Gasteiger partial charge in [0.15, 0.2) is 5.82 Å². The zero-order valence-corrected chi connectivity index (χ0v) is 17.6. The van der Waals surface area contributed by atoms with Crippen LogP contribution in [0.1, 0.15) is 68.6 Å². The smallest absolute Gasteiger partial charge is 0.229 e. The summed E-state index contributed by atoms with van der Waals surface area (Å²) in [6, 6.07) is 0. The zero-order chi connectivity index (χ0) is 20.4. The minimum atomic E-state index is 0.134. The number of piperidine rings is 2. The average Bonchev–Trinajstić information content (AvgIpc) is 3.16. The van der Waals surface area contributed by atoms with E-state index in [-0.39, 0.29) is 17.2 Å². The average molecular weight is 399 g/mol. The Morgan fingerprint density at radius 3 is 2.76 bits per heavy atom. The van der Waals surface area contributed by atoms with E-state index in [0.717, 1.165) is 56.1 Å². The van der Waals surface area contributed by atoms with E-state index in [4.69, 9.17) is 4.52 Å². The van der Waals surface area contributed by atoms with Gasteiger partial charge in [-0.3, -0.25) is 19.7 Å². The predicted octanol–water partition coefficient (Wildman–Crippen LogP) is 2.70. The Morgan fingerprint density at radius 2 is 2.03 bits per heavy atom. The van der Waals surface area contributed by atoms with Crippen molar-refractivity contribution in [3.8, 4) is 0 Å². The lowest BCUT2D eigenvalue weighted by molar-refractivity contribution is -0.140. The standard InChI is InChI=1S/C21H30N6O2/c1-15(2)20-24-18(25-29-20)12-26-8-4-6-21(13-26)7-5-19(28)27(14-21)11-17-10-22-16(3)9-23-17/h9-10,15H,4-8,11-14H2,1-3H3/t21-/m1/s1. The van der Waals surface area contributed by atoms with E-state index < -0.39 is 0 Å². The second-order valence-corrected chi connectivity index (χ2v) is 8.92. The molecule has 2 aliphatic heterocycles. The molecule has 4 heterocycles. The van der Waals surface area contributed by atoms with Gasteiger partial charge in [0, 0.05) is 37.0 Å². The van der Waals surface area contributed by atoms with Gasteiger partial charge in [-0.05, 0) is 32.7 Å². The molecule has 2 aromatic rings. The van der Waals surface area contributed by atoms with Crippen LogP contribution in [0, 0.1) is 12.3 Å². The lowest BCUT2D eigenvalue weighted by Gasteiger charge is -2.48. The lowest BCUT2D eigenvalue weighted by atomic mass is 9.73. The third-order valence-corrected chi connectivity index (χ3v) is 6.02. The van der Waals surface area contributed by atoms with E-state index in [1.807, 2.05) is 11.8 Å². The van der Waals surface area contributed by atoms with Crippen LogP contribution < -0.4 is 0 Å². The molecule has 1 atom stereocenters. The van der Waals surface area contributed by atoms with Gasteiger partial charge in [-0.25, -0.2) is 0 Å². The number of hydrogen-bond acceptors (Lipinski definition) is 7. The molecule has 2 saturated heterocycles. The highest BCUT2D eigenvalue weighted by atomic mass is 16.5. The zero-order valence-electron chi connectivity index (χ0n) is 17.6. The molecule has 0 saturated carbocycles. The number of carbonyl (C=O) groups excluding carboxylic acids is 1. The molecular weight excluding hydrogens is 368 g/mol. The summed E-state index contributed by atoms with van der Waals surface area (Å²) in [7, 11) is 0. The van der Waals surface area contributed by atoms with Crippen LogP contribution in [-0.2, 0) is 17.9 Å². The van der Waals surface area contributed by atoms with Gasteiger partial charge in [0.25, 0.3) is 0 Å². The van der Waals surface area contributed by atoms with Gasteiger partial charge >= 0.3 is 0 Å². The SMILES string of the molecule is Cc1cnc(CN2C[C@]3(CCCN(Cc4noc(C(C)C)n4)C3)CCC2=O)cn1. The van der Waals surface area contributed by atoms with Crippen molar-refractivity contribution in [3.63, 3.8) is 0 Å². The van der Waals surface area contributed by atoms with Crippen LogP contribution in [0.15, 0.2) is 16.9 Å². The number of aryl methyl sites for hydroxylation is 1. The summed E-state index contributed by atoms with van der Waals surface area (Å²) in [5, 5.41) is 4.15. The summed E-state index contributed by atoms with van der Waals surface area (Å²) in [6.45, 7) is 10.0. The van der Waals surface area contributed by atoms with Crippen LogP contribution in [0.4, 0.5) is 0 Å². The third-order valence-electron chi connectivity index (χ3n) is 6.02. The van der Waals surface area contributed by atoms with E-state index >= 15 is 0 Å². The molecule has 8 heteroatoms. The number of aromatic nitrogens is 4. The molecule has 1 spiro atoms. The first-order valence-electron chi connectivity index (χ1n) is 10.5. The molecule has 8 nitrogen and oxygen atoms in total. The summed E-state index contributed by atoms with van der Waals surface area (Å²) in [4.78, 5) is 30.2. The van der Waals surface area contributed by atoms with Gasteiger partial charge in [-0.15, -0.1) is 0 Å². The fourth-order valence-corrected chi connectivity index (χ4v) is 4.49. The number of likely N-dealkylation sites (tertiary alicyclic amines) is 2. The molecule has 4 rings (SSSR count). The number of amides is 1. The van der Waals surface area contributed by atoms with Crippen molar-refractivity contribution in [3.05, 3.63) is 35.5 Å². The highest BCUT2D eigenvalue weighted by Crippen LogP contribution is 2.39. The summed E-state index contributed by atoms with van der Waals surface area (Å²) in [5.41, 5.74) is 1.87. The summed E-state index contributed by atoms with van der Waals surface area (Å²) >= 11 is 0. The monoisotopic (exact) mass is 398 g/mol. The second-order valence-electron chi connectivity index (χ2n) is 8.92. The molecule has 29 heavy (non-hydrogen) atoms. The highest BCUT2D eigenvalue weighted by Gasteiger charge is 2.42. The first kappa shape index (κ1) is 19.9. The molecule has 2 aliphatic rings. The highest BCUT2D eigenvalue weighted by molar-refractivity contribution is 5.77. The fourth-order valence-electron chi connectivity index (χ4n) is 4.49. The maximum absolute atomic E-state index is 12.6. The molecule has 0 radical (unpaired) electrons. The van der Waals surface area contributed by atoms with E-state index in [1.54, 1.807) is 12.4 Å². The largest absolute Gasteiger partial charge is 0.339 e. The van der Waals surface area contributed by atoms with Gasteiger partial charge in [0.2, 0.25) is 11.8 Å². The number of carbonyl (C=O) groups is 1. The quantitative estimate of drug-likeness (QED) is 0.765. The Bertz CT molecular complexity index is 849. The van der Waals surface area contributed by atoms with Crippen LogP contribution in [0.25, 0.3) is 0 Å². The first-order valence-corrected chi connectivity index (χ1v) is 10.5. The molecule has 0 aliphatic carbocycles. The van der Waals surface area contributed by atoms with E-state index in [0.29, 0.717) is 25.4 Å². The summed E-state index contributed by atoms with van der Waals surface area (Å²) < 4.78 is 5.36. The van der Waals surface area contributed by atoms with Gasteiger partial charge in [-0.1, -0.05) is 19.0 Å². The van der Waals surface area contributed by atoms with E-state index in [9.17, 15) is 4.79 Å². The maximum atomic E-state index is 12.6. The Kier molecular flexibility index (Phi) is 5.63. The second kappa shape index (κ2) is 8.18. The normalized spacial score (nSPS) is 23.3. The molecule has 0 N–H and O–H groups in total. The van der Waals surface area contributed by atoms with Gasteiger partial charge in [0.1, 0.15) is 0 Å². The Morgan fingerprint density at radius 1 is 1.17 bits per heavy atom. The topological polar surface area (TPSA) is 88.3 Å². The van der Waals surface area contributed by atoms with Crippen LogP contribution in [0.2, 0.25) is 0 Å². The third kappa shape index (κ3) is 4.63. The van der Waals surface area contributed by atoms with Crippen LogP contribution >= 0.6 is 0 Å². The van der Waals surface area contributed by atoms with Crippen molar-refractivity contribution in [2.45, 2.75) is 65.5 Å². The van der Waals surface area contributed by atoms with Gasteiger partial charge in [0.05, 0.1) is 30.7 Å².